The molecule has 0 amide bonds. The Labute approximate surface area is 77.8 Å². The normalized spacial score (nSPS) is 9.69. The smallest absolute Gasteiger partial charge is 0.126 e. The molecule has 0 saturated carbocycles. The van der Waals surface area contributed by atoms with Gasteiger partial charge in [-0.3, -0.25) is 0 Å². The number of nitriles is 1. The summed E-state index contributed by atoms with van der Waals surface area (Å²) in [6.07, 6.45) is 1.09. The van der Waals surface area contributed by atoms with Crippen LogP contribution in [0.3, 0.4) is 0 Å². The summed E-state index contributed by atoms with van der Waals surface area (Å²) in [6.45, 7) is 3.70. The molecule has 0 unspecified atom stereocenters. The van der Waals surface area contributed by atoms with Crippen molar-refractivity contribution in [3.63, 3.8) is 0 Å². The summed E-state index contributed by atoms with van der Waals surface area (Å²) in [5, 5.41) is 8.43. The molecule has 0 N–H and O–H groups in total. The third-order valence-electron chi connectivity index (χ3n) is 2.25. The minimum Gasteiger partial charge on any atom is -0.207 e. The van der Waals surface area contributed by atoms with Gasteiger partial charge in [0.25, 0.3) is 0 Å². The van der Waals surface area contributed by atoms with Gasteiger partial charge in [-0.05, 0) is 43.0 Å². The van der Waals surface area contributed by atoms with Crippen molar-refractivity contribution in [1.82, 2.24) is 0 Å². The van der Waals surface area contributed by atoms with E-state index in [1.807, 2.05) is 6.92 Å². The summed E-state index contributed by atoms with van der Waals surface area (Å²) >= 11 is 0. The maximum atomic E-state index is 13.1. The average molecular weight is 177 g/mol. The van der Waals surface area contributed by atoms with Gasteiger partial charge in [0, 0.05) is 6.42 Å². The van der Waals surface area contributed by atoms with E-state index in [1.54, 1.807) is 13.0 Å². The van der Waals surface area contributed by atoms with Crippen LogP contribution in [0.2, 0.25) is 0 Å². The highest BCUT2D eigenvalue weighted by molar-refractivity contribution is 5.34. The van der Waals surface area contributed by atoms with Gasteiger partial charge < -0.3 is 0 Å². The van der Waals surface area contributed by atoms with Crippen molar-refractivity contribution in [2.45, 2.75) is 26.7 Å². The first kappa shape index (κ1) is 9.73. The first-order valence-electron chi connectivity index (χ1n) is 4.28. The fraction of sp³-hybridized carbons (Fsp3) is 0.364. The van der Waals surface area contributed by atoms with E-state index in [0.717, 1.165) is 11.1 Å². The van der Waals surface area contributed by atoms with Gasteiger partial charge in [0.2, 0.25) is 0 Å². The van der Waals surface area contributed by atoms with E-state index in [-0.39, 0.29) is 5.82 Å². The van der Waals surface area contributed by atoms with Crippen LogP contribution in [0.5, 0.6) is 0 Å². The molecule has 0 aliphatic carbocycles. The van der Waals surface area contributed by atoms with Crippen molar-refractivity contribution in [1.29, 1.82) is 5.26 Å². The summed E-state index contributed by atoms with van der Waals surface area (Å²) < 4.78 is 13.1. The molecule has 0 aliphatic heterocycles. The predicted molar refractivity (Wildman–Crippen MR) is 49.8 cm³/mol. The van der Waals surface area contributed by atoms with Crippen molar-refractivity contribution in [2.75, 3.05) is 0 Å². The minimum absolute atomic E-state index is 0.182. The predicted octanol–water partition coefficient (Wildman–Crippen LogP) is 2.90. The van der Waals surface area contributed by atoms with Gasteiger partial charge >= 0.3 is 0 Å². The third-order valence-corrected chi connectivity index (χ3v) is 2.25. The Kier molecular flexibility index (Phi) is 3.02. The van der Waals surface area contributed by atoms with Crippen molar-refractivity contribution in [3.8, 4) is 6.07 Å². The number of hydrogen-bond donors (Lipinski definition) is 0. The monoisotopic (exact) mass is 177 g/mol. The zero-order valence-electron chi connectivity index (χ0n) is 7.89. The molecule has 0 aliphatic rings. The third kappa shape index (κ3) is 2.06. The van der Waals surface area contributed by atoms with Crippen LogP contribution in [0.15, 0.2) is 12.1 Å². The lowest BCUT2D eigenvalue weighted by Crippen LogP contribution is -1.96. The average Bonchev–Trinajstić information content (AvgIpc) is 2.12. The molecule has 1 nitrogen and oxygen atoms in total. The van der Waals surface area contributed by atoms with E-state index in [9.17, 15) is 4.39 Å². The molecular formula is C11H12FN. The van der Waals surface area contributed by atoms with E-state index < -0.39 is 0 Å². The summed E-state index contributed by atoms with van der Waals surface area (Å²) in [5.74, 6) is -0.182. The molecular weight excluding hydrogens is 165 g/mol. The van der Waals surface area contributed by atoms with E-state index in [0.29, 0.717) is 18.4 Å². The Morgan fingerprint density at radius 3 is 2.69 bits per heavy atom. The Hall–Kier alpha value is -1.36. The lowest BCUT2D eigenvalue weighted by molar-refractivity contribution is 0.614. The Morgan fingerprint density at radius 1 is 1.38 bits per heavy atom. The van der Waals surface area contributed by atoms with Crippen molar-refractivity contribution in [3.05, 3.63) is 34.6 Å². The second kappa shape index (κ2) is 4.04. The van der Waals surface area contributed by atoms with Crippen LogP contribution in [0, 0.1) is 31.0 Å². The van der Waals surface area contributed by atoms with Crippen LogP contribution in [0.4, 0.5) is 4.39 Å². The summed E-state index contributed by atoms with van der Waals surface area (Å²) in [6, 6.07) is 5.30. The molecule has 2 heteroatoms. The topological polar surface area (TPSA) is 23.8 Å². The van der Waals surface area contributed by atoms with Gasteiger partial charge in [0.05, 0.1) is 6.07 Å². The lowest BCUT2D eigenvalue weighted by Gasteiger charge is -2.08. The molecule has 1 rings (SSSR count). The van der Waals surface area contributed by atoms with Crippen LogP contribution in [-0.4, -0.2) is 0 Å². The lowest BCUT2D eigenvalue weighted by atomic mass is 9.98. The maximum Gasteiger partial charge on any atom is 0.126 e. The molecule has 0 atom stereocenters. The summed E-state index contributed by atoms with van der Waals surface area (Å²) in [5.41, 5.74) is 2.71. The molecule has 0 saturated heterocycles. The molecule has 0 radical (unpaired) electrons. The van der Waals surface area contributed by atoms with E-state index in [4.69, 9.17) is 5.26 Å². The zero-order chi connectivity index (χ0) is 9.84. The molecule has 13 heavy (non-hydrogen) atoms. The van der Waals surface area contributed by atoms with Gasteiger partial charge in [-0.15, -0.1) is 0 Å². The van der Waals surface area contributed by atoms with Crippen LogP contribution in [0.1, 0.15) is 23.1 Å². The van der Waals surface area contributed by atoms with E-state index in [2.05, 4.69) is 6.07 Å². The fourth-order valence-electron chi connectivity index (χ4n) is 1.43. The number of aryl methyl sites for hydroxylation is 1. The highest BCUT2D eigenvalue weighted by Crippen LogP contribution is 2.18. The fourth-order valence-corrected chi connectivity index (χ4v) is 1.43. The summed E-state index contributed by atoms with van der Waals surface area (Å²) in [7, 11) is 0. The van der Waals surface area contributed by atoms with Gasteiger partial charge in [-0.1, -0.05) is 6.07 Å². The van der Waals surface area contributed by atoms with Crippen molar-refractivity contribution < 1.29 is 4.39 Å². The molecule has 0 aromatic heterocycles. The van der Waals surface area contributed by atoms with Crippen molar-refractivity contribution in [2.24, 2.45) is 0 Å². The Bertz CT molecular complexity index is 350. The summed E-state index contributed by atoms with van der Waals surface area (Å²) in [4.78, 5) is 0. The van der Waals surface area contributed by atoms with Crippen molar-refractivity contribution >= 4 is 0 Å². The number of hydrogen-bond acceptors (Lipinski definition) is 1. The molecule has 1 aromatic rings. The second-order valence-corrected chi connectivity index (χ2v) is 3.13. The largest absolute Gasteiger partial charge is 0.207 e. The maximum absolute atomic E-state index is 13.1. The molecule has 68 valence electrons. The molecule has 0 bridgehead atoms. The van der Waals surface area contributed by atoms with E-state index in [1.165, 1.54) is 6.07 Å². The molecule has 1 aromatic carbocycles. The van der Waals surface area contributed by atoms with Crippen LogP contribution in [-0.2, 0) is 6.42 Å². The quantitative estimate of drug-likeness (QED) is 0.681. The van der Waals surface area contributed by atoms with Gasteiger partial charge in [0.1, 0.15) is 5.82 Å². The molecule has 0 fully saturated rings. The van der Waals surface area contributed by atoms with Gasteiger partial charge in [-0.2, -0.15) is 5.26 Å². The number of rotatable bonds is 2. The first-order valence-corrected chi connectivity index (χ1v) is 4.28. The first-order chi connectivity index (χ1) is 6.16. The highest BCUT2D eigenvalue weighted by Gasteiger charge is 2.06. The Balaban J connectivity index is 3.04. The molecule has 0 heterocycles. The number of benzene rings is 1. The van der Waals surface area contributed by atoms with E-state index >= 15 is 0 Å². The van der Waals surface area contributed by atoms with Crippen LogP contribution in [0.25, 0.3) is 0 Å². The minimum atomic E-state index is -0.182. The second-order valence-electron chi connectivity index (χ2n) is 3.13. The standard InChI is InChI=1S/C11H12FN/c1-8-5-6-11(12)9(2)10(8)4-3-7-13/h5-6H,3-4H2,1-2H3. The van der Waals surface area contributed by atoms with Crippen LogP contribution >= 0.6 is 0 Å². The highest BCUT2D eigenvalue weighted by atomic mass is 19.1. The van der Waals surface area contributed by atoms with Gasteiger partial charge in [0.15, 0.2) is 0 Å². The molecule has 0 spiro atoms. The zero-order valence-corrected chi connectivity index (χ0v) is 7.89. The van der Waals surface area contributed by atoms with Gasteiger partial charge in [-0.25, -0.2) is 4.39 Å². The number of nitrogens with zero attached hydrogens (tertiary/aromatic N) is 1. The van der Waals surface area contributed by atoms with Crippen LogP contribution < -0.4 is 0 Å². The SMILES string of the molecule is Cc1ccc(F)c(C)c1CCC#N. The Morgan fingerprint density at radius 2 is 2.08 bits per heavy atom. The number of halogens is 1.